The van der Waals surface area contributed by atoms with Crippen LogP contribution in [-0.4, -0.2) is 38.5 Å². The molecular weight excluding hydrogens is 567 g/mol. The molecule has 4 atom stereocenters. The molecule has 1 fully saturated rings. The van der Waals surface area contributed by atoms with Crippen LogP contribution >= 0.6 is 69.6 Å². The highest BCUT2D eigenvalue weighted by atomic mass is 35.5. The molecule has 0 radical (unpaired) electrons. The molecule has 1 saturated carbocycles. The Kier molecular flexibility index (Phi) is 12.9. The Hall–Kier alpha value is 0.690. The topological polar surface area (TPSA) is 20.3 Å². The van der Waals surface area contributed by atoms with Crippen LogP contribution in [0.25, 0.3) is 0 Å². The lowest BCUT2D eigenvalue weighted by Gasteiger charge is -2.37. The summed E-state index contributed by atoms with van der Waals surface area (Å²) in [6.07, 6.45) is 16.2. The van der Waals surface area contributed by atoms with E-state index in [4.69, 9.17) is 69.6 Å². The predicted molar refractivity (Wildman–Crippen MR) is 155 cm³/mol. The second kappa shape index (κ2) is 14.2. The van der Waals surface area contributed by atoms with E-state index >= 15 is 0 Å². The van der Waals surface area contributed by atoms with E-state index in [1.165, 1.54) is 25.7 Å². The molecular formula is C27H41Cl6NO. The third-order valence-electron chi connectivity index (χ3n) is 7.86. The van der Waals surface area contributed by atoms with Crippen LogP contribution in [0.2, 0.25) is 0 Å². The van der Waals surface area contributed by atoms with E-state index in [1.807, 2.05) is 7.05 Å². The van der Waals surface area contributed by atoms with E-state index in [1.54, 1.807) is 11.0 Å². The summed E-state index contributed by atoms with van der Waals surface area (Å²) in [5, 5.41) is 0.631. The standard InChI is InChI=1S/C27H41Cl6NO/c1-4-6-7-8-10-13-16-20-21(26(31)24(29)23(28)25(20,30)27(26,32)33)17-14-11-9-12-15-18-22(35)34(3)19-5-2/h5,20-21H,2,4,6-19H2,1,3H3/t20-,21-,25-,26-/m0/s1. The largest absolute Gasteiger partial charge is 0.342 e. The molecule has 2 nitrogen and oxygen atoms in total. The first kappa shape index (κ1) is 31.9. The number of rotatable bonds is 17. The van der Waals surface area contributed by atoms with Crippen LogP contribution in [0.1, 0.15) is 96.8 Å². The van der Waals surface area contributed by atoms with Crippen molar-refractivity contribution in [2.24, 2.45) is 11.8 Å². The monoisotopic (exact) mass is 605 g/mol. The maximum absolute atomic E-state index is 12.0. The highest BCUT2D eigenvalue weighted by Crippen LogP contribution is 2.77. The van der Waals surface area contributed by atoms with Gasteiger partial charge in [0.1, 0.15) is 9.75 Å². The van der Waals surface area contributed by atoms with Gasteiger partial charge in [0.15, 0.2) is 4.33 Å². The van der Waals surface area contributed by atoms with E-state index in [0.717, 1.165) is 57.8 Å². The molecule has 0 aromatic carbocycles. The van der Waals surface area contributed by atoms with Crippen molar-refractivity contribution < 1.29 is 4.79 Å². The van der Waals surface area contributed by atoms with Crippen LogP contribution in [0.4, 0.5) is 0 Å². The number of carbonyl (C=O) groups excluding carboxylic acids is 1. The lowest BCUT2D eigenvalue weighted by atomic mass is 9.76. The summed E-state index contributed by atoms with van der Waals surface area (Å²) in [6, 6.07) is 0. The average Bonchev–Trinajstić information content (AvgIpc) is 3.01. The first-order valence-corrected chi connectivity index (χ1v) is 15.4. The molecule has 8 heteroatoms. The Morgan fingerprint density at radius 3 is 1.71 bits per heavy atom. The second-order valence-corrected chi connectivity index (χ2v) is 13.5. The SMILES string of the molecule is C=CCN(C)C(=O)CCCCCCC[C@H]1[C@H](CCCCCCCC)[C@]2(Cl)C(Cl)=C(Cl)[C@]1(Cl)C2(Cl)Cl. The zero-order chi connectivity index (χ0) is 26.3. The molecule has 1 amide bonds. The molecule has 0 aliphatic heterocycles. The molecule has 0 heterocycles. The second-order valence-electron chi connectivity index (χ2n) is 10.3. The van der Waals surface area contributed by atoms with E-state index in [9.17, 15) is 4.79 Å². The molecule has 0 unspecified atom stereocenters. The van der Waals surface area contributed by atoms with Gasteiger partial charge in [0, 0.05) is 20.0 Å². The number of fused-ring (bicyclic) bond motifs is 2. The fourth-order valence-corrected chi connectivity index (χ4v) is 8.96. The average molecular weight is 608 g/mol. The van der Waals surface area contributed by atoms with Crippen LogP contribution in [0.3, 0.4) is 0 Å². The fraction of sp³-hybridized carbons (Fsp3) is 0.815. The molecule has 0 aromatic heterocycles. The van der Waals surface area contributed by atoms with E-state index in [2.05, 4.69) is 13.5 Å². The molecule has 202 valence electrons. The number of hydrogen-bond acceptors (Lipinski definition) is 1. The van der Waals surface area contributed by atoms with Crippen LogP contribution in [-0.2, 0) is 4.79 Å². The minimum absolute atomic E-state index is 0.0177. The lowest BCUT2D eigenvalue weighted by molar-refractivity contribution is -0.129. The Labute approximate surface area is 243 Å². The van der Waals surface area contributed by atoms with Gasteiger partial charge >= 0.3 is 0 Å². The number of halogens is 6. The van der Waals surface area contributed by atoms with Crippen molar-refractivity contribution >= 4 is 75.5 Å². The number of unbranched alkanes of at least 4 members (excludes halogenated alkanes) is 9. The van der Waals surface area contributed by atoms with Gasteiger partial charge in [-0.1, -0.05) is 124 Å². The van der Waals surface area contributed by atoms with Gasteiger partial charge in [0.05, 0.1) is 10.1 Å². The van der Waals surface area contributed by atoms with E-state index < -0.39 is 14.1 Å². The third kappa shape index (κ3) is 6.47. The maximum Gasteiger partial charge on any atom is 0.222 e. The Morgan fingerprint density at radius 2 is 1.26 bits per heavy atom. The number of carbonyl (C=O) groups is 1. The highest BCUT2D eigenvalue weighted by Gasteiger charge is 2.81. The minimum Gasteiger partial charge on any atom is -0.342 e. The first-order valence-electron chi connectivity index (χ1n) is 13.2. The predicted octanol–water partition coefficient (Wildman–Crippen LogP) is 10.2. The molecule has 2 aliphatic carbocycles. The summed E-state index contributed by atoms with van der Waals surface area (Å²) in [4.78, 5) is 11.4. The summed E-state index contributed by atoms with van der Waals surface area (Å²) < 4.78 is -1.45. The zero-order valence-electron chi connectivity index (χ0n) is 21.2. The van der Waals surface area contributed by atoms with Crippen molar-refractivity contribution in [3.8, 4) is 0 Å². The van der Waals surface area contributed by atoms with Crippen LogP contribution in [0.5, 0.6) is 0 Å². The van der Waals surface area contributed by atoms with Crippen molar-refractivity contribution in [1.82, 2.24) is 4.90 Å². The highest BCUT2D eigenvalue weighted by molar-refractivity contribution is 6.65. The normalized spacial score (nSPS) is 29.1. The molecule has 2 aliphatic rings. The number of hydrogen-bond donors (Lipinski definition) is 0. The number of nitrogens with zero attached hydrogens (tertiary/aromatic N) is 1. The summed E-state index contributed by atoms with van der Waals surface area (Å²) in [7, 11) is 1.81. The van der Waals surface area contributed by atoms with Gasteiger partial charge in [-0.05, 0) is 31.1 Å². The van der Waals surface area contributed by atoms with Crippen LogP contribution in [0, 0.1) is 11.8 Å². The molecule has 2 rings (SSSR count). The summed E-state index contributed by atoms with van der Waals surface area (Å²) in [5.41, 5.74) is 0. The van der Waals surface area contributed by atoms with Crippen LogP contribution in [0.15, 0.2) is 22.7 Å². The van der Waals surface area contributed by atoms with Crippen LogP contribution < -0.4 is 0 Å². The summed E-state index contributed by atoms with van der Waals surface area (Å²) in [5.74, 6) is 0.118. The molecule has 0 aromatic rings. The third-order valence-corrected chi connectivity index (χ3v) is 12.2. The molecule has 0 saturated heterocycles. The smallest absolute Gasteiger partial charge is 0.222 e. The lowest BCUT2D eigenvalue weighted by Crippen LogP contribution is -2.44. The maximum atomic E-state index is 12.0. The van der Waals surface area contributed by atoms with Gasteiger partial charge in [-0.15, -0.1) is 29.8 Å². The first-order chi connectivity index (χ1) is 16.5. The van der Waals surface area contributed by atoms with E-state index in [-0.39, 0.29) is 17.7 Å². The van der Waals surface area contributed by atoms with Gasteiger partial charge in [0.25, 0.3) is 0 Å². The molecule has 35 heavy (non-hydrogen) atoms. The fourth-order valence-electron chi connectivity index (χ4n) is 5.81. The van der Waals surface area contributed by atoms with Crippen molar-refractivity contribution in [3.05, 3.63) is 22.7 Å². The summed E-state index contributed by atoms with van der Waals surface area (Å²) in [6.45, 7) is 6.49. The van der Waals surface area contributed by atoms with Crippen molar-refractivity contribution in [1.29, 1.82) is 0 Å². The van der Waals surface area contributed by atoms with Gasteiger partial charge in [-0.25, -0.2) is 0 Å². The van der Waals surface area contributed by atoms with Crippen molar-refractivity contribution in [2.75, 3.05) is 13.6 Å². The van der Waals surface area contributed by atoms with E-state index in [0.29, 0.717) is 23.0 Å². The molecule has 2 bridgehead atoms. The van der Waals surface area contributed by atoms with Gasteiger partial charge in [-0.2, -0.15) is 0 Å². The zero-order valence-corrected chi connectivity index (χ0v) is 25.7. The van der Waals surface area contributed by atoms with Gasteiger partial charge in [0.2, 0.25) is 5.91 Å². The number of alkyl halides is 4. The summed E-state index contributed by atoms with van der Waals surface area (Å²) >= 11 is 41.3. The quantitative estimate of drug-likeness (QED) is 0.0915. The van der Waals surface area contributed by atoms with Crippen molar-refractivity contribution in [2.45, 2.75) is 111 Å². The van der Waals surface area contributed by atoms with Gasteiger partial charge < -0.3 is 4.90 Å². The Morgan fingerprint density at radius 1 is 0.829 bits per heavy atom. The molecule has 0 N–H and O–H groups in total. The Balaban J connectivity index is 1.91. The minimum atomic E-state index is -1.45. The van der Waals surface area contributed by atoms with Gasteiger partial charge in [-0.3, -0.25) is 4.79 Å². The van der Waals surface area contributed by atoms with Crippen molar-refractivity contribution in [3.63, 3.8) is 0 Å². The number of amides is 1. The number of allylic oxidation sites excluding steroid dienone is 2. The number of likely N-dealkylation sites (N-methyl/N-ethyl adjacent to an activating group) is 1. The molecule has 0 spiro atoms. The Bertz CT molecular complexity index is 756.